The molecule has 0 aliphatic carbocycles. The van der Waals surface area contributed by atoms with E-state index in [9.17, 15) is 8.78 Å². The van der Waals surface area contributed by atoms with E-state index in [2.05, 4.69) is 26.2 Å². The summed E-state index contributed by atoms with van der Waals surface area (Å²) in [6.45, 7) is 4.29. The summed E-state index contributed by atoms with van der Waals surface area (Å²) in [5, 5.41) is 2.93. The zero-order valence-electron chi connectivity index (χ0n) is 11.4. The number of thiazole rings is 1. The molecular formula is C14H12BrF2N3S. The highest BCUT2D eigenvalue weighted by Gasteiger charge is 2.13. The van der Waals surface area contributed by atoms with Crippen molar-refractivity contribution in [1.29, 1.82) is 0 Å². The SMILES string of the molecule is Cc1cn2c(CNc3cc(F)c(Br)cc3F)c(C)nc2s1. The van der Waals surface area contributed by atoms with Gasteiger partial charge in [-0.3, -0.25) is 4.40 Å². The second-order valence-electron chi connectivity index (χ2n) is 4.74. The molecule has 110 valence electrons. The maximum absolute atomic E-state index is 13.8. The standard InChI is InChI=1S/C14H12BrF2N3S/c1-7-6-20-13(8(2)19-14(20)21-7)5-18-12-4-10(16)9(15)3-11(12)17/h3-4,6,18H,5H2,1-2H3. The third kappa shape index (κ3) is 2.67. The van der Waals surface area contributed by atoms with Gasteiger partial charge in [-0.2, -0.15) is 0 Å². The van der Waals surface area contributed by atoms with Gasteiger partial charge in [-0.05, 0) is 35.8 Å². The van der Waals surface area contributed by atoms with Crippen molar-refractivity contribution in [3.63, 3.8) is 0 Å². The smallest absolute Gasteiger partial charge is 0.194 e. The number of anilines is 1. The average molecular weight is 372 g/mol. The fraction of sp³-hybridized carbons (Fsp3) is 0.214. The number of rotatable bonds is 3. The maximum Gasteiger partial charge on any atom is 0.194 e. The van der Waals surface area contributed by atoms with Crippen LogP contribution in [0.3, 0.4) is 0 Å². The number of aromatic nitrogens is 2. The number of nitrogens with zero attached hydrogens (tertiary/aromatic N) is 2. The molecule has 2 heterocycles. The topological polar surface area (TPSA) is 29.3 Å². The minimum atomic E-state index is -0.500. The first kappa shape index (κ1) is 14.5. The van der Waals surface area contributed by atoms with Crippen molar-refractivity contribution >= 4 is 37.9 Å². The zero-order valence-corrected chi connectivity index (χ0v) is 13.8. The largest absolute Gasteiger partial charge is 0.377 e. The number of imidazole rings is 1. The van der Waals surface area contributed by atoms with E-state index in [0.29, 0.717) is 6.54 Å². The van der Waals surface area contributed by atoms with E-state index in [0.717, 1.165) is 33.4 Å². The Kier molecular flexibility index (Phi) is 3.71. The number of hydrogen-bond acceptors (Lipinski definition) is 3. The van der Waals surface area contributed by atoms with Crippen LogP contribution in [-0.4, -0.2) is 9.38 Å². The van der Waals surface area contributed by atoms with Crippen molar-refractivity contribution in [2.45, 2.75) is 20.4 Å². The summed E-state index contributed by atoms with van der Waals surface area (Å²) in [4.78, 5) is 6.53. The normalized spacial score (nSPS) is 11.3. The first-order chi connectivity index (χ1) is 9.95. The van der Waals surface area contributed by atoms with Crippen molar-refractivity contribution in [2.75, 3.05) is 5.32 Å². The van der Waals surface area contributed by atoms with Crippen LogP contribution in [0.1, 0.15) is 16.3 Å². The first-order valence-corrected chi connectivity index (χ1v) is 7.89. The third-order valence-corrected chi connectivity index (χ3v) is 4.70. The van der Waals surface area contributed by atoms with Gasteiger partial charge in [0.1, 0.15) is 11.6 Å². The second kappa shape index (κ2) is 5.38. The molecule has 1 aromatic carbocycles. The van der Waals surface area contributed by atoms with Gasteiger partial charge in [-0.15, -0.1) is 11.3 Å². The van der Waals surface area contributed by atoms with Crippen LogP contribution in [0, 0.1) is 25.5 Å². The molecule has 0 radical (unpaired) electrons. The van der Waals surface area contributed by atoms with Gasteiger partial charge in [0.15, 0.2) is 4.96 Å². The predicted molar refractivity (Wildman–Crippen MR) is 83.9 cm³/mol. The molecule has 21 heavy (non-hydrogen) atoms. The summed E-state index contributed by atoms with van der Waals surface area (Å²) in [6.07, 6.45) is 2.00. The monoisotopic (exact) mass is 371 g/mol. The number of aryl methyl sites for hydroxylation is 2. The van der Waals surface area contributed by atoms with Crippen LogP contribution in [0.5, 0.6) is 0 Å². The molecular weight excluding hydrogens is 360 g/mol. The molecule has 3 nitrogen and oxygen atoms in total. The van der Waals surface area contributed by atoms with E-state index in [1.54, 1.807) is 11.3 Å². The number of nitrogens with one attached hydrogen (secondary N) is 1. The molecule has 0 aliphatic rings. The molecule has 0 atom stereocenters. The molecule has 7 heteroatoms. The van der Waals surface area contributed by atoms with Crippen LogP contribution in [0.25, 0.3) is 4.96 Å². The van der Waals surface area contributed by atoms with Crippen LogP contribution in [-0.2, 0) is 6.54 Å². The number of halogens is 3. The van der Waals surface area contributed by atoms with Gasteiger partial charge < -0.3 is 5.32 Å². The van der Waals surface area contributed by atoms with Crippen molar-refractivity contribution in [3.8, 4) is 0 Å². The van der Waals surface area contributed by atoms with E-state index < -0.39 is 11.6 Å². The summed E-state index contributed by atoms with van der Waals surface area (Å²) >= 11 is 4.56. The summed E-state index contributed by atoms with van der Waals surface area (Å²) in [7, 11) is 0. The molecule has 3 rings (SSSR count). The number of hydrogen-bond donors (Lipinski definition) is 1. The van der Waals surface area contributed by atoms with Gasteiger partial charge in [0.2, 0.25) is 0 Å². The molecule has 0 saturated carbocycles. The van der Waals surface area contributed by atoms with Crippen LogP contribution in [0.15, 0.2) is 22.8 Å². The molecule has 0 unspecified atom stereocenters. The van der Waals surface area contributed by atoms with Gasteiger partial charge in [-0.25, -0.2) is 13.8 Å². The Bertz CT molecular complexity index is 825. The Morgan fingerprint density at radius 3 is 2.81 bits per heavy atom. The van der Waals surface area contributed by atoms with Crippen molar-refractivity contribution < 1.29 is 8.78 Å². The molecule has 0 amide bonds. The lowest BCUT2D eigenvalue weighted by Crippen LogP contribution is -2.05. The maximum atomic E-state index is 13.8. The van der Waals surface area contributed by atoms with Crippen molar-refractivity contribution in [1.82, 2.24) is 9.38 Å². The fourth-order valence-electron chi connectivity index (χ4n) is 2.16. The summed E-state index contributed by atoms with van der Waals surface area (Å²) in [6, 6.07) is 2.26. The minimum absolute atomic E-state index is 0.113. The molecule has 0 saturated heterocycles. The molecule has 2 aromatic heterocycles. The highest BCUT2D eigenvalue weighted by molar-refractivity contribution is 9.10. The summed E-state index contributed by atoms with van der Waals surface area (Å²) in [5.41, 5.74) is 1.96. The quantitative estimate of drug-likeness (QED) is 0.678. The van der Waals surface area contributed by atoms with Gasteiger partial charge in [-0.1, -0.05) is 0 Å². The second-order valence-corrected chi connectivity index (χ2v) is 6.81. The molecule has 0 aliphatic heterocycles. The first-order valence-electron chi connectivity index (χ1n) is 6.28. The lowest BCUT2D eigenvalue weighted by Gasteiger charge is -2.09. The third-order valence-electron chi connectivity index (χ3n) is 3.20. The van der Waals surface area contributed by atoms with E-state index >= 15 is 0 Å². The summed E-state index contributed by atoms with van der Waals surface area (Å²) < 4.78 is 29.4. The Morgan fingerprint density at radius 1 is 1.29 bits per heavy atom. The Balaban J connectivity index is 1.90. The number of fused-ring (bicyclic) bond motifs is 1. The van der Waals surface area contributed by atoms with E-state index in [4.69, 9.17) is 0 Å². The van der Waals surface area contributed by atoms with Crippen LogP contribution >= 0.6 is 27.3 Å². The Morgan fingerprint density at radius 2 is 2.05 bits per heavy atom. The Labute approximate surface area is 132 Å². The van der Waals surface area contributed by atoms with Crippen LogP contribution < -0.4 is 5.32 Å². The predicted octanol–water partition coefficient (Wildman–Crippen LogP) is 4.67. The van der Waals surface area contributed by atoms with Gasteiger partial charge in [0, 0.05) is 17.1 Å². The molecule has 0 fully saturated rings. The highest BCUT2D eigenvalue weighted by atomic mass is 79.9. The minimum Gasteiger partial charge on any atom is -0.377 e. The average Bonchev–Trinajstić information content (AvgIpc) is 2.88. The number of benzene rings is 1. The molecule has 3 aromatic rings. The molecule has 0 bridgehead atoms. The van der Waals surface area contributed by atoms with Crippen molar-refractivity contribution in [3.05, 3.63) is 50.7 Å². The molecule has 1 N–H and O–H groups in total. The zero-order chi connectivity index (χ0) is 15.1. The highest BCUT2D eigenvalue weighted by Crippen LogP contribution is 2.25. The fourth-order valence-corrected chi connectivity index (χ4v) is 3.36. The lowest BCUT2D eigenvalue weighted by atomic mass is 10.2. The summed E-state index contributed by atoms with van der Waals surface area (Å²) in [5.74, 6) is -0.997. The van der Waals surface area contributed by atoms with E-state index in [-0.39, 0.29) is 10.2 Å². The van der Waals surface area contributed by atoms with E-state index in [1.165, 1.54) is 0 Å². The Hall–Kier alpha value is -1.47. The van der Waals surface area contributed by atoms with Crippen molar-refractivity contribution in [2.24, 2.45) is 0 Å². The van der Waals surface area contributed by atoms with Crippen LogP contribution in [0.4, 0.5) is 14.5 Å². The van der Waals surface area contributed by atoms with E-state index in [1.807, 2.05) is 24.4 Å². The van der Waals surface area contributed by atoms with Gasteiger partial charge in [0.25, 0.3) is 0 Å². The molecule has 0 spiro atoms. The van der Waals surface area contributed by atoms with Gasteiger partial charge in [0.05, 0.1) is 28.1 Å². The lowest BCUT2D eigenvalue weighted by molar-refractivity contribution is 0.596. The van der Waals surface area contributed by atoms with Gasteiger partial charge >= 0.3 is 0 Å². The van der Waals surface area contributed by atoms with Crippen LogP contribution in [0.2, 0.25) is 0 Å².